The fraction of sp³-hybridized carbons (Fsp3) is 0.650. The molecule has 0 spiro atoms. The molecule has 2 aliphatic heterocycles. The van der Waals surface area contributed by atoms with E-state index in [1.807, 2.05) is 6.92 Å². The van der Waals surface area contributed by atoms with Gasteiger partial charge in [-0.1, -0.05) is 12.5 Å². The van der Waals surface area contributed by atoms with Gasteiger partial charge in [-0.15, -0.1) is 0 Å². The Morgan fingerprint density at radius 2 is 1.75 bits per heavy atom. The molecule has 3 rings (SSSR count). The molecule has 0 radical (unpaired) electrons. The van der Waals surface area contributed by atoms with Gasteiger partial charge in [0, 0.05) is 18.8 Å². The second-order valence-electron chi connectivity index (χ2n) is 7.68. The van der Waals surface area contributed by atoms with Crippen molar-refractivity contribution in [2.75, 3.05) is 44.7 Å². The first-order valence-corrected chi connectivity index (χ1v) is 11.8. The molecule has 1 aromatic carbocycles. The average Bonchev–Trinajstić information content (AvgIpc) is 2.68. The van der Waals surface area contributed by atoms with Crippen molar-refractivity contribution in [1.29, 1.82) is 0 Å². The molecule has 2 N–H and O–H groups in total. The number of sulfonamides is 1. The lowest BCUT2D eigenvalue weighted by Crippen LogP contribution is -3.16. The van der Waals surface area contributed by atoms with Gasteiger partial charge in [-0.05, 0) is 50.8 Å². The Kier molecular flexibility index (Phi) is 7.45. The topological polar surface area (TPSA) is 80.2 Å². The lowest BCUT2D eigenvalue weighted by atomic mass is 10.1. The largest absolute Gasteiger partial charge is 0.379 e. The molecule has 2 saturated heterocycles. The molecule has 2 fully saturated rings. The Hall–Kier alpha value is -1.48. The molecular formula is C20H32N3O4S+. The van der Waals surface area contributed by atoms with Crippen LogP contribution < -0.4 is 10.2 Å². The van der Waals surface area contributed by atoms with E-state index in [4.69, 9.17) is 4.74 Å². The molecular weight excluding hydrogens is 378 g/mol. The molecule has 2 aliphatic rings. The quantitative estimate of drug-likeness (QED) is 0.755. The third kappa shape index (κ3) is 5.31. The molecule has 1 aromatic rings. The minimum absolute atomic E-state index is 0.0588. The van der Waals surface area contributed by atoms with Crippen molar-refractivity contribution in [3.05, 3.63) is 24.3 Å². The standard InChI is InChI=1S/C20H31N3O4S/c1-17(22-10-5-3-2-4-6-11-22)20(24)21-18-8-7-9-19(16-18)28(25,26)23-12-14-27-15-13-23/h7-9,16-17H,2-6,10-15H2,1H3,(H,21,24)/p+1/t17-/m0/s1. The van der Waals surface area contributed by atoms with Crippen LogP contribution >= 0.6 is 0 Å². The molecule has 0 bridgehead atoms. The average molecular weight is 411 g/mol. The molecule has 156 valence electrons. The zero-order valence-corrected chi connectivity index (χ0v) is 17.5. The number of amides is 1. The van der Waals surface area contributed by atoms with E-state index in [1.165, 1.54) is 28.5 Å². The molecule has 0 aromatic heterocycles. The second kappa shape index (κ2) is 9.82. The normalized spacial score (nSPS) is 21.5. The highest BCUT2D eigenvalue weighted by atomic mass is 32.2. The maximum Gasteiger partial charge on any atom is 0.282 e. The fourth-order valence-electron chi connectivity index (χ4n) is 3.90. The summed E-state index contributed by atoms with van der Waals surface area (Å²) in [7, 11) is -3.57. The Bertz CT molecular complexity index is 754. The third-order valence-electron chi connectivity index (χ3n) is 5.71. The van der Waals surface area contributed by atoms with E-state index in [-0.39, 0.29) is 16.8 Å². The minimum Gasteiger partial charge on any atom is -0.379 e. The molecule has 1 amide bonds. The first kappa shape index (κ1) is 21.2. The van der Waals surface area contributed by atoms with E-state index in [0.717, 1.165) is 25.9 Å². The van der Waals surface area contributed by atoms with Crippen LogP contribution in [0.4, 0.5) is 5.69 Å². The number of benzene rings is 1. The highest BCUT2D eigenvalue weighted by molar-refractivity contribution is 7.89. The number of carbonyl (C=O) groups is 1. The number of hydrogen-bond donors (Lipinski definition) is 2. The van der Waals surface area contributed by atoms with Gasteiger partial charge < -0.3 is 15.0 Å². The molecule has 28 heavy (non-hydrogen) atoms. The minimum atomic E-state index is -3.57. The lowest BCUT2D eigenvalue weighted by molar-refractivity contribution is -0.914. The Morgan fingerprint density at radius 1 is 1.11 bits per heavy atom. The zero-order chi connectivity index (χ0) is 20.0. The molecule has 0 aliphatic carbocycles. The van der Waals surface area contributed by atoms with E-state index < -0.39 is 10.0 Å². The predicted molar refractivity (Wildman–Crippen MR) is 108 cm³/mol. The number of likely N-dealkylation sites (tertiary alicyclic amines) is 1. The number of ether oxygens (including phenoxy) is 1. The van der Waals surface area contributed by atoms with E-state index in [0.29, 0.717) is 32.0 Å². The summed E-state index contributed by atoms with van der Waals surface area (Å²) in [5.41, 5.74) is 0.526. The summed E-state index contributed by atoms with van der Waals surface area (Å²) in [4.78, 5) is 14.3. The summed E-state index contributed by atoms with van der Waals surface area (Å²) >= 11 is 0. The SMILES string of the molecule is C[C@@H](C(=O)Nc1cccc(S(=O)(=O)N2CCOCC2)c1)[NH+]1CCCCCCC1. The van der Waals surface area contributed by atoms with Crippen LogP contribution in [0.25, 0.3) is 0 Å². The van der Waals surface area contributed by atoms with E-state index in [2.05, 4.69) is 5.32 Å². The maximum atomic E-state index is 12.8. The summed E-state index contributed by atoms with van der Waals surface area (Å²) in [6, 6.07) is 6.39. The number of morpholine rings is 1. The van der Waals surface area contributed by atoms with E-state index in [1.54, 1.807) is 24.3 Å². The van der Waals surface area contributed by atoms with Crippen LogP contribution in [0.1, 0.15) is 39.0 Å². The molecule has 7 nitrogen and oxygen atoms in total. The van der Waals surface area contributed by atoms with Crippen molar-refractivity contribution < 1.29 is 22.8 Å². The van der Waals surface area contributed by atoms with E-state index in [9.17, 15) is 13.2 Å². The highest BCUT2D eigenvalue weighted by Gasteiger charge is 2.28. The van der Waals surface area contributed by atoms with Gasteiger partial charge in [0.1, 0.15) is 0 Å². The van der Waals surface area contributed by atoms with Crippen molar-refractivity contribution in [3.63, 3.8) is 0 Å². The summed E-state index contributed by atoms with van der Waals surface area (Å²) < 4.78 is 32.3. The number of anilines is 1. The first-order valence-electron chi connectivity index (χ1n) is 10.3. The third-order valence-corrected chi connectivity index (χ3v) is 7.61. The van der Waals surface area contributed by atoms with Crippen LogP contribution in [0.5, 0.6) is 0 Å². The van der Waals surface area contributed by atoms with Crippen LogP contribution in [0.2, 0.25) is 0 Å². The van der Waals surface area contributed by atoms with Crippen molar-refractivity contribution in [1.82, 2.24) is 4.31 Å². The first-order chi connectivity index (χ1) is 13.5. The monoisotopic (exact) mass is 410 g/mol. The maximum absolute atomic E-state index is 12.8. The van der Waals surface area contributed by atoms with Crippen molar-refractivity contribution in [2.24, 2.45) is 0 Å². The summed E-state index contributed by atoms with van der Waals surface area (Å²) in [5.74, 6) is -0.0588. The van der Waals surface area contributed by atoms with Crippen molar-refractivity contribution in [3.8, 4) is 0 Å². The second-order valence-corrected chi connectivity index (χ2v) is 9.62. The fourth-order valence-corrected chi connectivity index (χ4v) is 5.35. The van der Waals surface area contributed by atoms with Gasteiger partial charge in [0.25, 0.3) is 5.91 Å². The van der Waals surface area contributed by atoms with Crippen LogP contribution in [-0.2, 0) is 19.6 Å². The molecule has 1 atom stereocenters. The molecule has 8 heteroatoms. The number of carbonyl (C=O) groups excluding carboxylic acids is 1. The molecule has 0 saturated carbocycles. The van der Waals surface area contributed by atoms with Gasteiger partial charge in [-0.3, -0.25) is 4.79 Å². The summed E-state index contributed by atoms with van der Waals surface area (Å²) in [6.45, 7) is 5.51. The lowest BCUT2D eigenvalue weighted by Gasteiger charge is -2.27. The number of nitrogens with one attached hydrogen (secondary N) is 2. The number of nitrogens with zero attached hydrogens (tertiary/aromatic N) is 1. The number of quaternary nitrogens is 1. The van der Waals surface area contributed by atoms with Gasteiger partial charge in [-0.25, -0.2) is 8.42 Å². The number of rotatable bonds is 5. The van der Waals surface area contributed by atoms with Crippen LogP contribution in [0, 0.1) is 0 Å². The molecule has 0 unspecified atom stereocenters. The Balaban J connectivity index is 1.67. The van der Waals surface area contributed by atoms with Crippen LogP contribution in [0.15, 0.2) is 29.2 Å². The van der Waals surface area contributed by atoms with E-state index >= 15 is 0 Å². The van der Waals surface area contributed by atoms with Crippen molar-refractivity contribution >= 4 is 21.6 Å². The van der Waals surface area contributed by atoms with Gasteiger partial charge in [0.05, 0.1) is 31.2 Å². The smallest absolute Gasteiger partial charge is 0.282 e. The van der Waals surface area contributed by atoms with Gasteiger partial charge in [0.2, 0.25) is 10.0 Å². The zero-order valence-electron chi connectivity index (χ0n) is 16.7. The molecule has 2 heterocycles. The van der Waals surface area contributed by atoms with Gasteiger partial charge in [0.15, 0.2) is 6.04 Å². The predicted octanol–water partition coefficient (Wildman–Crippen LogP) is 0.884. The van der Waals surface area contributed by atoms with Gasteiger partial charge in [-0.2, -0.15) is 4.31 Å². The Morgan fingerprint density at radius 3 is 2.43 bits per heavy atom. The number of hydrogen-bond acceptors (Lipinski definition) is 4. The Labute approximate surface area is 168 Å². The summed E-state index contributed by atoms with van der Waals surface area (Å²) in [5, 5.41) is 2.92. The van der Waals surface area contributed by atoms with Crippen molar-refractivity contribution in [2.45, 2.75) is 50.0 Å². The van der Waals surface area contributed by atoms with Gasteiger partial charge >= 0.3 is 0 Å². The van der Waals surface area contributed by atoms with Crippen LogP contribution in [0.3, 0.4) is 0 Å². The highest BCUT2D eigenvalue weighted by Crippen LogP contribution is 2.20. The summed E-state index contributed by atoms with van der Waals surface area (Å²) in [6.07, 6.45) is 6.07. The van der Waals surface area contributed by atoms with Crippen LogP contribution in [-0.4, -0.2) is 64.1 Å².